The van der Waals surface area contributed by atoms with Crippen molar-refractivity contribution in [3.8, 4) is 5.75 Å². The number of pyridine rings is 1. The van der Waals surface area contributed by atoms with Crippen LogP contribution in [0, 0.1) is 0 Å². The van der Waals surface area contributed by atoms with E-state index < -0.39 is 17.7 Å². The first kappa shape index (κ1) is 19.9. The molecule has 30 heavy (non-hydrogen) atoms. The van der Waals surface area contributed by atoms with E-state index in [1.165, 1.54) is 12.0 Å². The first-order chi connectivity index (χ1) is 14.5. The van der Waals surface area contributed by atoms with Crippen LogP contribution in [0.5, 0.6) is 5.75 Å². The summed E-state index contributed by atoms with van der Waals surface area (Å²) < 4.78 is 10.8. The van der Waals surface area contributed by atoms with Gasteiger partial charge in [0.25, 0.3) is 11.7 Å². The van der Waals surface area contributed by atoms with Crippen LogP contribution in [0.15, 0.2) is 48.3 Å². The van der Waals surface area contributed by atoms with Crippen molar-refractivity contribution in [3.05, 3.63) is 59.4 Å². The molecule has 156 valence electrons. The number of nitrogens with zero attached hydrogens (tertiary/aromatic N) is 3. The number of ketones is 1. The molecule has 0 bridgehead atoms. The molecule has 2 aromatic rings. The Hall–Kier alpha value is -3.39. The third-order valence-corrected chi connectivity index (χ3v) is 5.43. The topological polar surface area (TPSA) is 92.2 Å². The Kier molecular flexibility index (Phi) is 5.41. The van der Waals surface area contributed by atoms with Crippen molar-refractivity contribution in [2.24, 2.45) is 0 Å². The third-order valence-electron chi connectivity index (χ3n) is 5.43. The highest BCUT2D eigenvalue weighted by molar-refractivity contribution is 6.46. The van der Waals surface area contributed by atoms with E-state index >= 15 is 0 Å². The van der Waals surface area contributed by atoms with Gasteiger partial charge in [-0.05, 0) is 35.9 Å². The minimum atomic E-state index is -0.715. The normalized spacial score (nSPS) is 20.3. The SMILES string of the molecule is COCCN1C(=O)C(=O)/C(=C(\O)c2ccc3c(c2)N(C)CCO3)C1c1ccncc1. The average Bonchev–Trinajstić information content (AvgIpc) is 3.02. The minimum Gasteiger partial charge on any atom is -0.507 e. The third kappa shape index (κ3) is 3.39. The van der Waals surface area contributed by atoms with Gasteiger partial charge in [-0.15, -0.1) is 0 Å². The van der Waals surface area contributed by atoms with E-state index in [1.807, 2.05) is 11.9 Å². The number of benzene rings is 1. The van der Waals surface area contributed by atoms with Gasteiger partial charge in [-0.3, -0.25) is 14.6 Å². The average molecular weight is 409 g/mol. The zero-order valence-electron chi connectivity index (χ0n) is 16.9. The molecule has 3 heterocycles. The maximum Gasteiger partial charge on any atom is 0.295 e. The van der Waals surface area contributed by atoms with Crippen LogP contribution < -0.4 is 9.64 Å². The number of rotatable bonds is 5. The molecule has 0 saturated carbocycles. The molecule has 1 saturated heterocycles. The Balaban J connectivity index is 1.83. The lowest BCUT2D eigenvalue weighted by molar-refractivity contribution is -0.140. The number of Topliss-reactive ketones (excluding diaryl/α,β-unsaturated/α-hetero) is 1. The van der Waals surface area contributed by atoms with Gasteiger partial charge in [0.05, 0.1) is 30.5 Å². The Morgan fingerprint density at radius 3 is 2.77 bits per heavy atom. The van der Waals surface area contributed by atoms with Gasteiger partial charge in [-0.1, -0.05) is 0 Å². The van der Waals surface area contributed by atoms with Crippen LogP contribution in [0.25, 0.3) is 5.76 Å². The van der Waals surface area contributed by atoms with Crippen molar-refractivity contribution in [2.75, 3.05) is 45.4 Å². The monoisotopic (exact) mass is 409 g/mol. The highest BCUT2D eigenvalue weighted by Crippen LogP contribution is 2.40. The number of amides is 1. The van der Waals surface area contributed by atoms with Crippen LogP contribution in [0.2, 0.25) is 0 Å². The number of carbonyl (C=O) groups excluding carboxylic acids is 2. The molecule has 2 aliphatic heterocycles. The summed E-state index contributed by atoms with van der Waals surface area (Å²) in [5.74, 6) is -0.870. The summed E-state index contributed by atoms with van der Waals surface area (Å²) in [5.41, 5.74) is 2.02. The van der Waals surface area contributed by atoms with Crippen LogP contribution in [-0.4, -0.2) is 67.1 Å². The second kappa shape index (κ2) is 8.16. The number of aliphatic hydroxyl groups excluding tert-OH is 1. The summed E-state index contributed by atoms with van der Waals surface area (Å²) in [7, 11) is 3.47. The molecule has 1 aromatic heterocycles. The molecule has 0 aliphatic carbocycles. The van der Waals surface area contributed by atoms with Crippen LogP contribution >= 0.6 is 0 Å². The van der Waals surface area contributed by atoms with Crippen LogP contribution in [0.4, 0.5) is 5.69 Å². The molecule has 1 atom stereocenters. The van der Waals surface area contributed by atoms with Gasteiger partial charge >= 0.3 is 0 Å². The number of hydrogen-bond donors (Lipinski definition) is 1. The van der Waals surface area contributed by atoms with E-state index in [9.17, 15) is 14.7 Å². The molecule has 2 aliphatic rings. The molecule has 1 aromatic carbocycles. The second-order valence-electron chi connectivity index (χ2n) is 7.22. The highest BCUT2D eigenvalue weighted by atomic mass is 16.5. The quantitative estimate of drug-likeness (QED) is 0.459. The molecule has 1 amide bonds. The fourth-order valence-corrected chi connectivity index (χ4v) is 3.85. The molecule has 4 rings (SSSR count). The predicted molar refractivity (Wildman–Crippen MR) is 110 cm³/mol. The Morgan fingerprint density at radius 1 is 1.27 bits per heavy atom. The number of fused-ring (bicyclic) bond motifs is 1. The maximum atomic E-state index is 12.9. The summed E-state index contributed by atoms with van der Waals surface area (Å²) in [6, 6.07) is 7.99. The summed E-state index contributed by atoms with van der Waals surface area (Å²) in [4.78, 5) is 33.2. The number of likely N-dealkylation sites (N-methyl/N-ethyl adjacent to an activating group) is 1. The van der Waals surface area contributed by atoms with Crippen molar-refractivity contribution >= 4 is 23.1 Å². The van der Waals surface area contributed by atoms with E-state index in [1.54, 1.807) is 42.7 Å². The molecule has 1 N–H and O–H groups in total. The van der Waals surface area contributed by atoms with Crippen molar-refractivity contribution in [1.82, 2.24) is 9.88 Å². The molecular weight excluding hydrogens is 386 g/mol. The van der Waals surface area contributed by atoms with Crippen LogP contribution in [0.1, 0.15) is 17.2 Å². The van der Waals surface area contributed by atoms with E-state index in [0.717, 1.165) is 12.2 Å². The molecule has 1 fully saturated rings. The highest BCUT2D eigenvalue weighted by Gasteiger charge is 2.45. The lowest BCUT2D eigenvalue weighted by atomic mass is 9.95. The van der Waals surface area contributed by atoms with E-state index in [2.05, 4.69) is 4.98 Å². The number of carbonyl (C=O) groups is 2. The van der Waals surface area contributed by atoms with Crippen molar-refractivity contribution < 1.29 is 24.2 Å². The van der Waals surface area contributed by atoms with E-state index in [-0.39, 0.29) is 24.5 Å². The molecule has 8 heteroatoms. The number of anilines is 1. The Morgan fingerprint density at radius 2 is 2.03 bits per heavy atom. The Labute approximate surface area is 174 Å². The van der Waals surface area contributed by atoms with Crippen LogP contribution in [-0.2, 0) is 14.3 Å². The van der Waals surface area contributed by atoms with Gasteiger partial charge in [0.1, 0.15) is 18.1 Å². The molecule has 0 radical (unpaired) electrons. The van der Waals surface area contributed by atoms with Crippen molar-refractivity contribution in [3.63, 3.8) is 0 Å². The first-order valence-electron chi connectivity index (χ1n) is 9.68. The van der Waals surface area contributed by atoms with Gasteiger partial charge in [0, 0.05) is 38.7 Å². The van der Waals surface area contributed by atoms with Gasteiger partial charge in [0.15, 0.2) is 0 Å². The molecule has 1 unspecified atom stereocenters. The first-order valence-corrected chi connectivity index (χ1v) is 9.68. The number of methoxy groups -OCH3 is 1. The second-order valence-corrected chi connectivity index (χ2v) is 7.22. The van der Waals surface area contributed by atoms with E-state index in [4.69, 9.17) is 9.47 Å². The number of hydrogen-bond acceptors (Lipinski definition) is 7. The largest absolute Gasteiger partial charge is 0.507 e. The molecule has 0 spiro atoms. The van der Waals surface area contributed by atoms with E-state index in [0.29, 0.717) is 23.5 Å². The summed E-state index contributed by atoms with van der Waals surface area (Å²) in [6.07, 6.45) is 3.19. The van der Waals surface area contributed by atoms with Crippen LogP contribution in [0.3, 0.4) is 0 Å². The fraction of sp³-hybridized carbons (Fsp3) is 0.318. The maximum absolute atomic E-state index is 12.9. The standard InChI is InChI=1S/C22H23N3O5/c1-24-9-12-30-17-4-3-15(13-16(17)24)20(26)18-19(14-5-7-23-8-6-14)25(10-11-29-2)22(28)21(18)27/h3-8,13,19,26H,9-12H2,1-2H3/b20-18-. The summed E-state index contributed by atoms with van der Waals surface area (Å²) >= 11 is 0. The molecule has 8 nitrogen and oxygen atoms in total. The van der Waals surface area contributed by atoms with Gasteiger partial charge in [-0.25, -0.2) is 0 Å². The Bertz CT molecular complexity index is 1010. The predicted octanol–water partition coefficient (Wildman–Crippen LogP) is 1.98. The lowest BCUT2D eigenvalue weighted by Gasteiger charge is -2.28. The number of aromatic nitrogens is 1. The number of likely N-dealkylation sites (tertiary alicyclic amines) is 1. The smallest absolute Gasteiger partial charge is 0.295 e. The van der Waals surface area contributed by atoms with Gasteiger partial charge in [-0.2, -0.15) is 0 Å². The van der Waals surface area contributed by atoms with Crippen molar-refractivity contribution in [2.45, 2.75) is 6.04 Å². The van der Waals surface area contributed by atoms with Crippen molar-refractivity contribution in [1.29, 1.82) is 0 Å². The lowest BCUT2D eigenvalue weighted by Crippen LogP contribution is -2.32. The zero-order chi connectivity index (χ0) is 21.3. The van der Waals surface area contributed by atoms with Gasteiger partial charge in [0.2, 0.25) is 0 Å². The number of aliphatic hydroxyl groups is 1. The fourth-order valence-electron chi connectivity index (χ4n) is 3.85. The molecular formula is C22H23N3O5. The summed E-state index contributed by atoms with van der Waals surface area (Å²) in [5, 5.41) is 11.1. The van der Waals surface area contributed by atoms with Gasteiger partial charge < -0.3 is 24.4 Å². The number of ether oxygens (including phenoxy) is 2. The summed E-state index contributed by atoms with van der Waals surface area (Å²) in [6.45, 7) is 1.80. The minimum absolute atomic E-state index is 0.0571. The zero-order valence-corrected chi connectivity index (χ0v) is 16.9.